The van der Waals surface area contributed by atoms with Crippen molar-refractivity contribution in [2.24, 2.45) is 7.05 Å². The molecule has 4 N–H and O–H groups in total. The molecule has 2 aliphatic rings. The van der Waals surface area contributed by atoms with Crippen LogP contribution in [-0.2, 0) is 25.4 Å². The summed E-state index contributed by atoms with van der Waals surface area (Å²) in [5.41, 5.74) is 6.84. The Morgan fingerprint density at radius 3 is 3.09 bits per heavy atom. The highest BCUT2D eigenvalue weighted by molar-refractivity contribution is 7.47. The number of imidazole rings is 1. The van der Waals surface area contributed by atoms with E-state index in [4.69, 9.17) is 19.5 Å². The molecule has 0 aromatic carbocycles. The number of phosphoric ester groups is 1. The van der Waals surface area contributed by atoms with Crippen molar-refractivity contribution >= 4 is 24.8 Å². The van der Waals surface area contributed by atoms with Gasteiger partial charge in [0.15, 0.2) is 11.7 Å². The maximum Gasteiger partial charge on any atom is 0.472 e. The summed E-state index contributed by atoms with van der Waals surface area (Å²) < 4.78 is 30.0. The van der Waals surface area contributed by atoms with Crippen molar-refractivity contribution in [2.45, 2.75) is 24.5 Å². The standard InChI is InChI=1S/C11H14N5O6P/c1-15-3-14-10-6(9(15)12)13-4-16(10)11-7(17)8-5(21-11)2-20-23(18,19)22-8/h3-5,7-8,11-12,17H,2H2,1H3,(H,18,19)/p+1/t5-,7-,8-,11-/m1/s1. The molecule has 4 heterocycles. The van der Waals surface area contributed by atoms with Crippen LogP contribution in [0.2, 0.25) is 0 Å². The molecule has 11 nitrogen and oxygen atoms in total. The summed E-state index contributed by atoms with van der Waals surface area (Å²) in [5.74, 6) is 0.415. The molecule has 0 aliphatic carbocycles. The van der Waals surface area contributed by atoms with Gasteiger partial charge in [-0.25, -0.2) is 14.1 Å². The molecule has 0 radical (unpaired) electrons. The average molecular weight is 344 g/mol. The zero-order valence-corrected chi connectivity index (χ0v) is 12.9. The molecular weight excluding hydrogens is 329 g/mol. The Hall–Kier alpha value is -1.62. The molecule has 23 heavy (non-hydrogen) atoms. The Kier molecular flexibility index (Phi) is 3.21. The van der Waals surface area contributed by atoms with Crippen molar-refractivity contribution in [1.82, 2.24) is 14.5 Å². The fourth-order valence-electron chi connectivity index (χ4n) is 2.79. The summed E-state index contributed by atoms with van der Waals surface area (Å²) in [6, 6.07) is 0. The number of aryl methyl sites for hydroxylation is 1. The van der Waals surface area contributed by atoms with Gasteiger partial charge in [0.1, 0.15) is 24.6 Å². The van der Waals surface area contributed by atoms with Gasteiger partial charge in [-0.05, 0) is 0 Å². The van der Waals surface area contributed by atoms with Crippen LogP contribution in [0.4, 0.5) is 5.82 Å². The number of hydrogen-bond acceptors (Lipinski definition) is 8. The molecule has 4 rings (SSSR count). The van der Waals surface area contributed by atoms with Crippen LogP contribution in [0.15, 0.2) is 12.7 Å². The highest BCUT2D eigenvalue weighted by atomic mass is 31.2. The van der Waals surface area contributed by atoms with E-state index in [0.717, 1.165) is 0 Å². The number of nitrogen functional groups attached to an aromatic ring is 1. The molecule has 0 spiro atoms. The molecule has 2 saturated heterocycles. The Labute approximate surface area is 129 Å². The smallest absolute Gasteiger partial charge is 0.386 e. The highest BCUT2D eigenvalue weighted by Crippen LogP contribution is 2.52. The lowest BCUT2D eigenvalue weighted by atomic mass is 10.1. The molecule has 2 aromatic heterocycles. The third kappa shape index (κ3) is 2.24. The van der Waals surface area contributed by atoms with Crippen molar-refractivity contribution in [2.75, 3.05) is 12.3 Å². The monoisotopic (exact) mass is 344 g/mol. The minimum atomic E-state index is -4.16. The first-order valence-corrected chi connectivity index (χ1v) is 8.33. The number of aromatic nitrogens is 4. The normalized spacial score (nSPS) is 37.2. The van der Waals surface area contributed by atoms with E-state index >= 15 is 0 Å². The van der Waals surface area contributed by atoms with Crippen LogP contribution in [0.3, 0.4) is 0 Å². The fraction of sp³-hybridized carbons (Fsp3) is 0.545. The van der Waals surface area contributed by atoms with Crippen LogP contribution in [0.1, 0.15) is 6.23 Å². The number of aliphatic hydroxyl groups is 1. The fourth-order valence-corrected chi connectivity index (χ4v) is 3.75. The molecule has 0 amide bonds. The van der Waals surface area contributed by atoms with Gasteiger partial charge >= 0.3 is 7.82 Å². The zero-order valence-electron chi connectivity index (χ0n) is 12.0. The average Bonchev–Trinajstić information content (AvgIpc) is 3.05. The molecule has 12 heteroatoms. The van der Waals surface area contributed by atoms with Crippen molar-refractivity contribution in [3.05, 3.63) is 12.7 Å². The van der Waals surface area contributed by atoms with E-state index in [-0.39, 0.29) is 6.61 Å². The second kappa shape index (κ2) is 4.94. The molecular formula is C11H15N5O6P+. The summed E-state index contributed by atoms with van der Waals surface area (Å²) >= 11 is 0. The van der Waals surface area contributed by atoms with Gasteiger partial charge in [0.2, 0.25) is 12.0 Å². The summed E-state index contributed by atoms with van der Waals surface area (Å²) in [6.45, 7) is -0.150. The van der Waals surface area contributed by atoms with Gasteiger partial charge < -0.3 is 20.5 Å². The molecule has 1 unspecified atom stereocenters. The maximum absolute atomic E-state index is 11.5. The minimum absolute atomic E-state index is 0.150. The highest BCUT2D eigenvalue weighted by Gasteiger charge is 2.52. The first-order valence-electron chi connectivity index (χ1n) is 6.83. The SMILES string of the molecule is C[n+]1cnc2c(ncn2[C@@H]2O[C@@H]3COP(=O)(O)O[C@H]3[C@H]2O)c1N. The molecule has 2 fully saturated rings. The van der Waals surface area contributed by atoms with Crippen LogP contribution in [0.5, 0.6) is 0 Å². The van der Waals surface area contributed by atoms with Gasteiger partial charge in [-0.15, -0.1) is 0 Å². The van der Waals surface area contributed by atoms with Crippen molar-refractivity contribution in [3.63, 3.8) is 0 Å². The van der Waals surface area contributed by atoms with Crippen LogP contribution in [0, 0.1) is 0 Å². The van der Waals surface area contributed by atoms with Crippen LogP contribution in [0.25, 0.3) is 11.2 Å². The zero-order chi connectivity index (χ0) is 16.4. The van der Waals surface area contributed by atoms with E-state index < -0.39 is 32.4 Å². The van der Waals surface area contributed by atoms with E-state index in [0.29, 0.717) is 17.0 Å². The number of aliphatic hydroxyl groups excluding tert-OH is 1. The first-order chi connectivity index (χ1) is 10.9. The number of ether oxygens (including phenoxy) is 1. The van der Waals surface area contributed by atoms with Crippen molar-refractivity contribution < 1.29 is 32.9 Å². The summed E-state index contributed by atoms with van der Waals surface area (Å²) in [4.78, 5) is 17.8. The molecule has 2 aromatic rings. The topological polar surface area (TPSA) is 146 Å². The number of hydrogen-bond donors (Lipinski definition) is 3. The predicted octanol–water partition coefficient (Wildman–Crippen LogP) is -1.39. The van der Waals surface area contributed by atoms with Crippen molar-refractivity contribution in [1.29, 1.82) is 0 Å². The van der Waals surface area contributed by atoms with E-state index in [9.17, 15) is 14.6 Å². The van der Waals surface area contributed by atoms with Gasteiger partial charge in [0.25, 0.3) is 5.82 Å². The maximum atomic E-state index is 11.5. The second-order valence-electron chi connectivity index (χ2n) is 5.45. The van der Waals surface area contributed by atoms with Gasteiger partial charge in [-0.1, -0.05) is 4.98 Å². The number of anilines is 1. The molecule has 124 valence electrons. The predicted molar refractivity (Wildman–Crippen MR) is 73.7 cm³/mol. The quantitative estimate of drug-likeness (QED) is 0.420. The first kappa shape index (κ1) is 14.9. The Balaban J connectivity index is 1.72. The van der Waals surface area contributed by atoms with Crippen LogP contribution >= 0.6 is 7.82 Å². The Morgan fingerprint density at radius 1 is 1.52 bits per heavy atom. The van der Waals surface area contributed by atoms with Crippen molar-refractivity contribution in [3.8, 4) is 0 Å². The lowest BCUT2D eigenvalue weighted by Crippen LogP contribution is -2.39. The summed E-state index contributed by atoms with van der Waals surface area (Å²) in [6.07, 6.45) is -0.738. The van der Waals surface area contributed by atoms with E-state index in [1.165, 1.54) is 17.2 Å². The van der Waals surface area contributed by atoms with Crippen LogP contribution < -0.4 is 10.3 Å². The van der Waals surface area contributed by atoms with Crippen LogP contribution in [-0.4, -0.2) is 49.5 Å². The van der Waals surface area contributed by atoms with Gasteiger partial charge in [0, 0.05) is 0 Å². The molecule has 5 atom stereocenters. The van der Waals surface area contributed by atoms with E-state index in [2.05, 4.69) is 9.97 Å². The van der Waals surface area contributed by atoms with Gasteiger partial charge in [0.05, 0.1) is 13.7 Å². The third-order valence-corrected chi connectivity index (χ3v) is 4.97. The molecule has 2 aliphatic heterocycles. The number of fused-ring (bicyclic) bond motifs is 2. The van der Waals surface area contributed by atoms with E-state index in [1.807, 2.05) is 0 Å². The van der Waals surface area contributed by atoms with E-state index in [1.54, 1.807) is 11.6 Å². The molecule has 0 bridgehead atoms. The largest absolute Gasteiger partial charge is 0.472 e. The van der Waals surface area contributed by atoms with Gasteiger partial charge in [-0.3, -0.25) is 13.6 Å². The molecule has 0 saturated carbocycles. The Morgan fingerprint density at radius 2 is 2.30 bits per heavy atom. The minimum Gasteiger partial charge on any atom is -0.386 e. The lowest BCUT2D eigenvalue weighted by Gasteiger charge is -2.27. The summed E-state index contributed by atoms with van der Waals surface area (Å²) in [7, 11) is -2.43. The number of rotatable bonds is 1. The number of nitrogens with zero attached hydrogens (tertiary/aromatic N) is 4. The number of phosphoric acid groups is 1. The van der Waals surface area contributed by atoms with Gasteiger partial charge in [-0.2, -0.15) is 0 Å². The Bertz CT molecular complexity index is 827. The second-order valence-corrected chi connectivity index (χ2v) is 6.86. The number of nitrogens with two attached hydrogens (primary N) is 1. The lowest BCUT2D eigenvalue weighted by molar-refractivity contribution is -0.658. The summed E-state index contributed by atoms with van der Waals surface area (Å²) in [5, 5.41) is 10.4. The third-order valence-electron chi connectivity index (χ3n) is 3.98.